The maximum absolute atomic E-state index is 12.3. The van der Waals surface area contributed by atoms with Crippen LogP contribution in [0.5, 0.6) is 0 Å². The van der Waals surface area contributed by atoms with E-state index in [1.807, 2.05) is 30.7 Å². The molecule has 0 radical (unpaired) electrons. The topological polar surface area (TPSA) is 142 Å². The molecule has 2 aliphatic rings. The maximum Gasteiger partial charge on any atom is 0.349 e. The molecule has 4 N–H and O–H groups in total. The fourth-order valence-electron chi connectivity index (χ4n) is 3.56. The molecule has 2 aliphatic heterocycles. The molecular formula is C20H26N6O4. The molecule has 1 aromatic rings. The van der Waals surface area contributed by atoms with Crippen molar-refractivity contribution >= 4 is 16.9 Å². The molecule has 0 bridgehead atoms. The monoisotopic (exact) mass is 414 g/mol. The minimum absolute atomic E-state index is 0.141. The number of hydrogen-bond acceptors (Lipinski definition) is 7. The van der Waals surface area contributed by atoms with Crippen LogP contribution in [0.25, 0.3) is 22.6 Å². The number of fused-ring (bicyclic) bond motifs is 2. The smallest absolute Gasteiger partial charge is 0.322 e. The van der Waals surface area contributed by atoms with E-state index in [1.54, 1.807) is 5.48 Å². The Morgan fingerprint density at radius 1 is 1.17 bits per heavy atom. The van der Waals surface area contributed by atoms with Gasteiger partial charge in [-0.3, -0.25) is 19.8 Å². The van der Waals surface area contributed by atoms with Crippen LogP contribution in [0.1, 0.15) is 43.2 Å². The summed E-state index contributed by atoms with van der Waals surface area (Å²) < 4.78 is 1.88. The van der Waals surface area contributed by atoms with Gasteiger partial charge in [0.15, 0.2) is 11.5 Å². The van der Waals surface area contributed by atoms with Gasteiger partial charge in [0.05, 0.1) is 11.0 Å². The maximum atomic E-state index is 12.3. The zero-order valence-corrected chi connectivity index (χ0v) is 17.1. The summed E-state index contributed by atoms with van der Waals surface area (Å²) in [5, 5.41) is 11.7. The number of nitrogens with one attached hydrogen (secondary N) is 3. The third-order valence-electron chi connectivity index (χ3n) is 5.09. The lowest BCUT2D eigenvalue weighted by atomic mass is 10.1. The standard InChI is InChI=1S/C20H26N6O4/c1-12-9-14-15(10-13(12)11-21-2)26(8-6-4-3-5-7-16(27)25-30)18-17(22-14)19(28)24-20(29)23-18/h9-10,21,30H,3-8,11H2,1-2H3,(H,25,27)(H,24,28,29). The first kappa shape index (κ1) is 21.6. The van der Waals surface area contributed by atoms with E-state index in [1.165, 1.54) is 0 Å². The summed E-state index contributed by atoms with van der Waals surface area (Å²) in [5.74, 6) is -0.121. The van der Waals surface area contributed by atoms with Crippen LogP contribution in [0, 0.1) is 6.92 Å². The molecule has 0 saturated carbocycles. The lowest BCUT2D eigenvalue weighted by molar-refractivity contribution is -0.129. The van der Waals surface area contributed by atoms with Crippen molar-refractivity contribution in [1.82, 2.24) is 30.3 Å². The summed E-state index contributed by atoms with van der Waals surface area (Å²) in [6.45, 7) is 3.23. The molecule has 0 spiro atoms. The highest BCUT2D eigenvalue weighted by molar-refractivity contribution is 5.81. The van der Waals surface area contributed by atoms with Crippen molar-refractivity contribution in [3.8, 4) is 11.5 Å². The molecule has 0 aromatic heterocycles. The molecule has 10 heteroatoms. The average Bonchev–Trinajstić information content (AvgIpc) is 2.71. The Hall–Kier alpha value is -3.11. The lowest BCUT2D eigenvalue weighted by Crippen LogP contribution is -2.29. The second-order valence-corrected chi connectivity index (χ2v) is 7.30. The number of carbonyl (C=O) groups is 1. The van der Waals surface area contributed by atoms with Gasteiger partial charge < -0.3 is 9.88 Å². The molecule has 1 amide bonds. The highest BCUT2D eigenvalue weighted by Crippen LogP contribution is 2.24. The normalized spacial score (nSPS) is 11.3. The average molecular weight is 414 g/mol. The van der Waals surface area contributed by atoms with Crippen LogP contribution in [0.4, 0.5) is 0 Å². The van der Waals surface area contributed by atoms with E-state index in [9.17, 15) is 14.4 Å². The number of nitrogens with zero attached hydrogens (tertiary/aromatic N) is 3. The number of amides is 1. The zero-order valence-electron chi connectivity index (χ0n) is 17.1. The van der Waals surface area contributed by atoms with Crippen LogP contribution >= 0.6 is 0 Å². The van der Waals surface area contributed by atoms with Crippen LogP contribution < -0.4 is 22.0 Å². The van der Waals surface area contributed by atoms with Crippen molar-refractivity contribution in [3.05, 3.63) is 44.1 Å². The van der Waals surface area contributed by atoms with E-state index < -0.39 is 17.2 Å². The van der Waals surface area contributed by atoms with Crippen molar-refractivity contribution in [2.75, 3.05) is 7.05 Å². The predicted octanol–water partition coefficient (Wildman–Crippen LogP) is 1.07. The number of unbranched alkanes of at least 4 members (excludes halogenated alkanes) is 3. The number of aromatic nitrogens is 4. The molecule has 0 aliphatic carbocycles. The van der Waals surface area contributed by atoms with Crippen LogP contribution in [-0.2, 0) is 17.9 Å². The van der Waals surface area contributed by atoms with Gasteiger partial charge in [-0.25, -0.2) is 15.3 Å². The minimum Gasteiger partial charge on any atom is -0.322 e. The summed E-state index contributed by atoms with van der Waals surface area (Å²) in [5.41, 5.74) is 4.17. The zero-order chi connectivity index (χ0) is 21.7. The molecule has 10 nitrogen and oxygen atoms in total. The van der Waals surface area contributed by atoms with E-state index >= 15 is 0 Å². The Morgan fingerprint density at radius 3 is 2.67 bits per heavy atom. The van der Waals surface area contributed by atoms with Gasteiger partial charge in [-0.15, -0.1) is 0 Å². The Labute approximate surface area is 172 Å². The molecule has 0 saturated heterocycles. The van der Waals surface area contributed by atoms with Crippen LogP contribution in [-0.4, -0.2) is 37.7 Å². The number of H-pyrrole nitrogens is 1. The minimum atomic E-state index is -0.694. The molecule has 0 unspecified atom stereocenters. The molecule has 0 fully saturated rings. The number of benzene rings is 1. The Balaban J connectivity index is 1.96. The molecule has 2 heterocycles. The summed E-state index contributed by atoms with van der Waals surface area (Å²) in [4.78, 5) is 45.9. The van der Waals surface area contributed by atoms with Gasteiger partial charge >= 0.3 is 5.69 Å². The quantitative estimate of drug-likeness (QED) is 0.178. The molecule has 1 aromatic carbocycles. The van der Waals surface area contributed by atoms with Gasteiger partial charge in [0.2, 0.25) is 5.91 Å². The SMILES string of the molecule is CNCc1cc2c(cc1C)nc1c(=O)[nH]c(=O)nc-1n2CCCCCCC(=O)NO. The number of hydrogen-bond donors (Lipinski definition) is 4. The van der Waals surface area contributed by atoms with E-state index in [4.69, 9.17) is 5.21 Å². The Morgan fingerprint density at radius 2 is 1.93 bits per heavy atom. The Bertz CT molecular complexity index is 1140. The van der Waals surface area contributed by atoms with Gasteiger partial charge in [-0.1, -0.05) is 12.8 Å². The second kappa shape index (κ2) is 9.59. The highest BCUT2D eigenvalue weighted by Gasteiger charge is 2.19. The lowest BCUT2D eigenvalue weighted by Gasteiger charge is -2.18. The summed E-state index contributed by atoms with van der Waals surface area (Å²) >= 11 is 0. The summed E-state index contributed by atoms with van der Waals surface area (Å²) in [6.07, 6.45) is 3.38. The van der Waals surface area contributed by atoms with E-state index in [0.717, 1.165) is 35.9 Å². The number of carbonyl (C=O) groups excluding carboxylic acids is 1. The van der Waals surface area contributed by atoms with Gasteiger partial charge in [-0.2, -0.15) is 4.98 Å². The first-order valence-corrected chi connectivity index (χ1v) is 9.96. The van der Waals surface area contributed by atoms with Crippen LogP contribution in [0.2, 0.25) is 0 Å². The molecule has 30 heavy (non-hydrogen) atoms. The number of aryl methyl sites for hydroxylation is 2. The fraction of sp³-hybridized carbons (Fsp3) is 0.450. The summed E-state index contributed by atoms with van der Waals surface area (Å²) in [7, 11) is 1.87. The largest absolute Gasteiger partial charge is 0.349 e. The summed E-state index contributed by atoms with van der Waals surface area (Å²) in [6, 6.07) is 3.96. The third kappa shape index (κ3) is 4.71. The van der Waals surface area contributed by atoms with Crippen molar-refractivity contribution < 1.29 is 10.0 Å². The van der Waals surface area contributed by atoms with Gasteiger partial charge in [0, 0.05) is 19.5 Å². The van der Waals surface area contributed by atoms with Crippen molar-refractivity contribution in [2.24, 2.45) is 0 Å². The van der Waals surface area contributed by atoms with Gasteiger partial charge in [0.1, 0.15) is 0 Å². The number of rotatable bonds is 9. The fourth-order valence-corrected chi connectivity index (χ4v) is 3.56. The highest BCUT2D eigenvalue weighted by atomic mass is 16.5. The van der Waals surface area contributed by atoms with Crippen LogP contribution in [0.3, 0.4) is 0 Å². The van der Waals surface area contributed by atoms with E-state index in [-0.39, 0.29) is 17.9 Å². The van der Waals surface area contributed by atoms with E-state index in [0.29, 0.717) is 25.0 Å². The molecular weight excluding hydrogens is 388 g/mol. The second-order valence-electron chi connectivity index (χ2n) is 7.30. The van der Waals surface area contributed by atoms with Gasteiger partial charge in [-0.05, 0) is 50.1 Å². The van der Waals surface area contributed by atoms with Crippen LogP contribution in [0.15, 0.2) is 21.7 Å². The first-order chi connectivity index (χ1) is 14.4. The third-order valence-corrected chi connectivity index (χ3v) is 5.09. The number of hydroxylamine groups is 1. The van der Waals surface area contributed by atoms with E-state index in [2.05, 4.69) is 20.3 Å². The van der Waals surface area contributed by atoms with Crippen molar-refractivity contribution in [1.29, 1.82) is 0 Å². The molecule has 0 atom stereocenters. The van der Waals surface area contributed by atoms with Crippen molar-refractivity contribution in [2.45, 2.75) is 52.1 Å². The van der Waals surface area contributed by atoms with Crippen molar-refractivity contribution in [3.63, 3.8) is 0 Å². The molecule has 3 rings (SSSR count). The predicted molar refractivity (Wildman–Crippen MR) is 112 cm³/mol. The van der Waals surface area contributed by atoms with Gasteiger partial charge in [0.25, 0.3) is 5.56 Å². The first-order valence-electron chi connectivity index (χ1n) is 9.96. The molecule has 160 valence electrons. The Kier molecular flexibility index (Phi) is 6.91. The number of aromatic amines is 1.